The Morgan fingerprint density at radius 1 is 0.778 bits per heavy atom. The molecule has 130 valence electrons. The number of hydrogen-bond donors (Lipinski definition) is 0. The highest BCUT2D eigenvalue weighted by Crippen LogP contribution is 2.29. The standard InChI is InChI=1S/C22H15ClN4/c1-14-6-4-9-17(12-14)27-21(15-7-5-8-16(23)13-15)26-20-22(27)25-19-11-3-2-10-18(19)24-20/h2-13H,1H3. The van der Waals surface area contributed by atoms with Crippen LogP contribution in [0.5, 0.6) is 0 Å². The molecule has 0 bridgehead atoms. The van der Waals surface area contributed by atoms with Crippen molar-refractivity contribution in [2.75, 3.05) is 0 Å². The van der Waals surface area contributed by atoms with Crippen molar-refractivity contribution in [1.29, 1.82) is 0 Å². The molecule has 5 aromatic rings. The number of aryl methyl sites for hydroxylation is 1. The molecule has 0 unspecified atom stereocenters. The van der Waals surface area contributed by atoms with E-state index in [9.17, 15) is 0 Å². The second kappa shape index (κ2) is 6.18. The first-order valence-electron chi connectivity index (χ1n) is 8.67. The van der Waals surface area contributed by atoms with Crippen LogP contribution in [0.2, 0.25) is 5.02 Å². The van der Waals surface area contributed by atoms with Crippen LogP contribution in [0.15, 0.2) is 72.8 Å². The zero-order valence-corrected chi connectivity index (χ0v) is 15.4. The number of rotatable bonds is 2. The molecule has 5 heteroatoms. The molecule has 0 N–H and O–H groups in total. The van der Waals surface area contributed by atoms with E-state index in [1.807, 2.05) is 59.2 Å². The van der Waals surface area contributed by atoms with E-state index >= 15 is 0 Å². The lowest BCUT2D eigenvalue weighted by Crippen LogP contribution is -1.99. The average molecular weight is 371 g/mol. The Bertz CT molecular complexity index is 1310. The highest BCUT2D eigenvalue weighted by atomic mass is 35.5. The lowest BCUT2D eigenvalue weighted by atomic mass is 10.2. The third-order valence-corrected chi connectivity index (χ3v) is 4.75. The van der Waals surface area contributed by atoms with Gasteiger partial charge >= 0.3 is 0 Å². The van der Waals surface area contributed by atoms with Crippen molar-refractivity contribution in [3.63, 3.8) is 0 Å². The number of halogens is 1. The van der Waals surface area contributed by atoms with E-state index in [-0.39, 0.29) is 0 Å². The second-order valence-corrected chi connectivity index (χ2v) is 6.92. The van der Waals surface area contributed by atoms with Gasteiger partial charge in [0.05, 0.1) is 11.0 Å². The Morgan fingerprint density at radius 2 is 1.56 bits per heavy atom. The number of para-hydroxylation sites is 2. The largest absolute Gasteiger partial charge is 0.275 e. The van der Waals surface area contributed by atoms with Gasteiger partial charge < -0.3 is 0 Å². The van der Waals surface area contributed by atoms with Crippen LogP contribution in [0, 0.1) is 6.92 Å². The summed E-state index contributed by atoms with van der Waals surface area (Å²) in [4.78, 5) is 14.4. The zero-order chi connectivity index (χ0) is 18.4. The normalized spacial score (nSPS) is 11.3. The summed E-state index contributed by atoms with van der Waals surface area (Å²) in [5, 5.41) is 0.668. The van der Waals surface area contributed by atoms with Crippen LogP contribution in [0.4, 0.5) is 0 Å². The van der Waals surface area contributed by atoms with Crippen molar-refractivity contribution in [2.24, 2.45) is 0 Å². The number of hydrogen-bond acceptors (Lipinski definition) is 3. The van der Waals surface area contributed by atoms with Gasteiger partial charge in [0.2, 0.25) is 0 Å². The fourth-order valence-electron chi connectivity index (χ4n) is 3.29. The maximum Gasteiger partial charge on any atom is 0.199 e. The molecule has 0 radical (unpaired) electrons. The zero-order valence-electron chi connectivity index (χ0n) is 14.6. The molecule has 0 saturated carbocycles. The third kappa shape index (κ3) is 2.75. The summed E-state index contributed by atoms with van der Waals surface area (Å²) in [6.45, 7) is 2.07. The number of benzene rings is 3. The molecule has 0 aliphatic heterocycles. The van der Waals surface area contributed by atoms with Gasteiger partial charge in [0.25, 0.3) is 0 Å². The number of fused-ring (bicyclic) bond motifs is 2. The predicted octanol–water partition coefficient (Wildman–Crippen LogP) is 5.60. The number of nitrogens with zero attached hydrogens (tertiary/aromatic N) is 4. The Labute approximate surface area is 161 Å². The van der Waals surface area contributed by atoms with Crippen LogP contribution in [0.3, 0.4) is 0 Å². The Hall–Kier alpha value is -3.24. The van der Waals surface area contributed by atoms with Crippen LogP contribution >= 0.6 is 11.6 Å². The molecule has 0 spiro atoms. The Morgan fingerprint density at radius 3 is 2.33 bits per heavy atom. The monoisotopic (exact) mass is 370 g/mol. The number of aromatic nitrogens is 4. The molecule has 0 aliphatic rings. The van der Waals surface area contributed by atoms with Gasteiger partial charge in [-0.15, -0.1) is 0 Å². The summed E-state index contributed by atoms with van der Waals surface area (Å²) < 4.78 is 2.05. The molecule has 2 heterocycles. The highest BCUT2D eigenvalue weighted by molar-refractivity contribution is 6.30. The molecule has 5 rings (SSSR count). The van der Waals surface area contributed by atoms with Gasteiger partial charge in [-0.25, -0.2) is 15.0 Å². The van der Waals surface area contributed by atoms with Crippen LogP contribution < -0.4 is 0 Å². The second-order valence-electron chi connectivity index (χ2n) is 6.48. The summed E-state index contributed by atoms with van der Waals surface area (Å²) in [7, 11) is 0. The van der Waals surface area contributed by atoms with Gasteiger partial charge in [0.1, 0.15) is 5.82 Å². The first-order valence-corrected chi connectivity index (χ1v) is 9.05. The molecular formula is C22H15ClN4. The molecule has 3 aromatic carbocycles. The van der Waals surface area contributed by atoms with E-state index in [0.717, 1.165) is 33.8 Å². The minimum absolute atomic E-state index is 0.616. The first kappa shape index (κ1) is 16.0. The topological polar surface area (TPSA) is 43.6 Å². The van der Waals surface area contributed by atoms with E-state index < -0.39 is 0 Å². The minimum atomic E-state index is 0.616. The number of imidazole rings is 1. The summed E-state index contributed by atoms with van der Waals surface area (Å²) in [5.41, 5.74) is 6.11. The van der Waals surface area contributed by atoms with Crippen molar-refractivity contribution in [3.8, 4) is 17.1 Å². The van der Waals surface area contributed by atoms with Gasteiger partial charge in [0, 0.05) is 16.3 Å². The molecular weight excluding hydrogens is 356 g/mol. The maximum atomic E-state index is 6.23. The van der Waals surface area contributed by atoms with Crippen molar-refractivity contribution in [1.82, 2.24) is 19.5 Å². The highest BCUT2D eigenvalue weighted by Gasteiger charge is 2.17. The molecule has 0 fully saturated rings. The lowest BCUT2D eigenvalue weighted by molar-refractivity contribution is 1.08. The van der Waals surface area contributed by atoms with E-state index in [1.165, 1.54) is 5.56 Å². The smallest absolute Gasteiger partial charge is 0.199 e. The van der Waals surface area contributed by atoms with Crippen molar-refractivity contribution in [3.05, 3.63) is 83.4 Å². The van der Waals surface area contributed by atoms with Gasteiger partial charge in [-0.2, -0.15) is 0 Å². The summed E-state index contributed by atoms with van der Waals surface area (Å²) >= 11 is 6.23. The SMILES string of the molecule is Cc1cccc(-n2c(-c3cccc(Cl)c3)nc3nc4ccccc4nc32)c1. The van der Waals surface area contributed by atoms with Crippen molar-refractivity contribution >= 4 is 33.9 Å². The van der Waals surface area contributed by atoms with Gasteiger partial charge in [-0.05, 0) is 48.9 Å². The third-order valence-electron chi connectivity index (χ3n) is 4.51. The minimum Gasteiger partial charge on any atom is -0.275 e. The van der Waals surface area contributed by atoms with Gasteiger partial charge in [-0.3, -0.25) is 4.57 Å². The van der Waals surface area contributed by atoms with E-state index in [2.05, 4.69) is 25.1 Å². The molecule has 0 amide bonds. The van der Waals surface area contributed by atoms with Gasteiger partial charge in [0.15, 0.2) is 11.3 Å². The molecule has 2 aromatic heterocycles. The van der Waals surface area contributed by atoms with E-state index in [4.69, 9.17) is 26.6 Å². The maximum absolute atomic E-state index is 6.23. The molecule has 4 nitrogen and oxygen atoms in total. The molecule has 27 heavy (non-hydrogen) atoms. The first-order chi connectivity index (χ1) is 13.2. The molecule has 0 aliphatic carbocycles. The van der Waals surface area contributed by atoms with Crippen LogP contribution in [-0.4, -0.2) is 19.5 Å². The Balaban J connectivity index is 1.90. The summed E-state index contributed by atoms with van der Waals surface area (Å²) in [5.74, 6) is 0.772. The van der Waals surface area contributed by atoms with Crippen LogP contribution in [-0.2, 0) is 0 Å². The van der Waals surface area contributed by atoms with Gasteiger partial charge in [-0.1, -0.05) is 48.0 Å². The van der Waals surface area contributed by atoms with Crippen molar-refractivity contribution in [2.45, 2.75) is 6.92 Å². The lowest BCUT2D eigenvalue weighted by Gasteiger charge is -2.10. The van der Waals surface area contributed by atoms with E-state index in [1.54, 1.807) is 0 Å². The summed E-state index contributed by atoms with van der Waals surface area (Å²) in [6.07, 6.45) is 0. The predicted molar refractivity (Wildman–Crippen MR) is 109 cm³/mol. The molecule has 0 atom stereocenters. The molecule has 0 saturated heterocycles. The van der Waals surface area contributed by atoms with Crippen molar-refractivity contribution < 1.29 is 0 Å². The fourth-order valence-corrected chi connectivity index (χ4v) is 3.48. The van der Waals surface area contributed by atoms with E-state index in [0.29, 0.717) is 10.7 Å². The summed E-state index contributed by atoms with van der Waals surface area (Å²) in [6, 6.07) is 23.8. The Kier molecular flexibility index (Phi) is 3.66. The average Bonchev–Trinajstić information content (AvgIpc) is 3.04. The van der Waals surface area contributed by atoms with Crippen LogP contribution in [0.1, 0.15) is 5.56 Å². The quantitative estimate of drug-likeness (QED) is 0.406. The van der Waals surface area contributed by atoms with Crippen LogP contribution in [0.25, 0.3) is 39.4 Å². The fraction of sp³-hybridized carbons (Fsp3) is 0.0455.